The zero-order valence-corrected chi connectivity index (χ0v) is 17.3. The van der Waals surface area contributed by atoms with E-state index in [0.717, 1.165) is 41.1 Å². The Hall–Kier alpha value is -3.29. The summed E-state index contributed by atoms with van der Waals surface area (Å²) in [6.45, 7) is 0. The van der Waals surface area contributed by atoms with Gasteiger partial charge in [0, 0.05) is 50.0 Å². The number of fused-ring (bicyclic) bond motifs is 3. The molecule has 4 N–H and O–H groups in total. The van der Waals surface area contributed by atoms with Crippen LogP contribution in [0.25, 0.3) is 11.0 Å². The smallest absolute Gasteiger partial charge is 0.252 e. The highest BCUT2D eigenvalue weighted by Crippen LogP contribution is 2.40. The summed E-state index contributed by atoms with van der Waals surface area (Å²) in [5.74, 6) is 0.597. The molecule has 8 heteroatoms. The number of aromatic nitrogens is 3. The Morgan fingerprint density at radius 3 is 2.57 bits per heavy atom. The van der Waals surface area contributed by atoms with Crippen molar-refractivity contribution in [1.82, 2.24) is 15.0 Å². The van der Waals surface area contributed by atoms with Gasteiger partial charge >= 0.3 is 0 Å². The summed E-state index contributed by atoms with van der Waals surface area (Å²) in [5, 5.41) is 4.55. The normalized spacial score (nSPS) is 23.0. The van der Waals surface area contributed by atoms with E-state index < -0.39 is 5.91 Å². The van der Waals surface area contributed by atoms with Crippen molar-refractivity contribution in [2.75, 3.05) is 29.2 Å². The lowest BCUT2D eigenvalue weighted by Gasteiger charge is -2.40. The molecule has 0 aliphatic carbocycles. The van der Waals surface area contributed by atoms with E-state index in [-0.39, 0.29) is 6.04 Å². The Bertz CT molecular complexity index is 1060. The average Bonchev–Trinajstić information content (AvgIpc) is 3.31. The van der Waals surface area contributed by atoms with Crippen LogP contribution in [0.5, 0.6) is 0 Å². The summed E-state index contributed by atoms with van der Waals surface area (Å²) in [4.78, 5) is 28.7. The molecule has 5 heterocycles. The van der Waals surface area contributed by atoms with E-state index in [4.69, 9.17) is 10.7 Å². The van der Waals surface area contributed by atoms with Gasteiger partial charge in [-0.2, -0.15) is 0 Å². The highest BCUT2D eigenvalue weighted by atomic mass is 16.1. The van der Waals surface area contributed by atoms with Gasteiger partial charge in [-0.15, -0.1) is 0 Å². The number of primary amides is 1. The number of nitrogens with two attached hydrogens (primary N) is 1. The van der Waals surface area contributed by atoms with Crippen LogP contribution in [0.1, 0.15) is 36.0 Å². The van der Waals surface area contributed by atoms with Crippen LogP contribution in [-0.4, -0.2) is 53.1 Å². The fourth-order valence-corrected chi connectivity index (χ4v) is 5.02. The van der Waals surface area contributed by atoms with Crippen LogP contribution in [0, 0.1) is 0 Å². The summed E-state index contributed by atoms with van der Waals surface area (Å²) >= 11 is 0. The molecule has 2 aliphatic rings. The molecule has 2 aliphatic heterocycles. The molecule has 0 aromatic carbocycles. The van der Waals surface area contributed by atoms with Crippen LogP contribution < -0.4 is 20.9 Å². The predicted octanol–water partition coefficient (Wildman–Crippen LogP) is 2.73. The molecule has 3 aromatic rings. The number of hydrogen-bond donors (Lipinski definition) is 3. The second kappa shape index (κ2) is 7.19. The molecule has 2 saturated heterocycles. The van der Waals surface area contributed by atoms with Gasteiger partial charge in [-0.1, -0.05) is 0 Å². The maximum atomic E-state index is 12.0. The zero-order chi connectivity index (χ0) is 20.8. The Kier molecular flexibility index (Phi) is 4.49. The lowest BCUT2D eigenvalue weighted by Crippen LogP contribution is -2.47. The number of nitrogens with one attached hydrogen (secondary N) is 2. The molecule has 0 radical (unpaired) electrons. The third-order valence-electron chi connectivity index (χ3n) is 6.45. The number of pyridine rings is 2. The fourth-order valence-electron chi connectivity index (χ4n) is 5.02. The number of piperidine rings is 1. The van der Waals surface area contributed by atoms with Crippen molar-refractivity contribution in [3.05, 3.63) is 42.4 Å². The molecule has 156 valence electrons. The molecule has 2 fully saturated rings. The van der Waals surface area contributed by atoms with Crippen LogP contribution >= 0.6 is 0 Å². The predicted molar refractivity (Wildman–Crippen MR) is 119 cm³/mol. The topological polar surface area (TPSA) is 103 Å². The van der Waals surface area contributed by atoms with Crippen molar-refractivity contribution in [2.45, 2.75) is 43.8 Å². The van der Waals surface area contributed by atoms with Gasteiger partial charge in [0.05, 0.1) is 23.1 Å². The number of aromatic amines is 1. The van der Waals surface area contributed by atoms with Crippen molar-refractivity contribution >= 4 is 34.1 Å². The van der Waals surface area contributed by atoms with E-state index in [1.54, 1.807) is 6.20 Å². The van der Waals surface area contributed by atoms with Crippen LogP contribution in [0.2, 0.25) is 0 Å². The summed E-state index contributed by atoms with van der Waals surface area (Å²) in [7, 11) is 4.05. The Morgan fingerprint density at radius 1 is 1.17 bits per heavy atom. The molecule has 1 amide bonds. The van der Waals surface area contributed by atoms with Crippen molar-refractivity contribution in [3.8, 4) is 0 Å². The van der Waals surface area contributed by atoms with Gasteiger partial charge in [-0.05, 0) is 43.9 Å². The monoisotopic (exact) mass is 405 g/mol. The van der Waals surface area contributed by atoms with E-state index in [1.807, 2.05) is 32.6 Å². The standard InChI is InChI=1S/C22H27N7O/c1-28(2)16-5-6-19(25-11-16)29-14-3-4-15(29)10-13(9-14)27-20-17-7-8-24-22(17)26-12-18(20)21(23)30/h5-8,11-15H,3-4,9-10H2,1-2H3,(H2,23,30)(H2,24,26,27)/t13?,14-,15+. The second-order valence-electron chi connectivity index (χ2n) is 8.53. The van der Waals surface area contributed by atoms with Crippen molar-refractivity contribution in [2.24, 2.45) is 5.73 Å². The van der Waals surface area contributed by atoms with E-state index in [9.17, 15) is 4.79 Å². The third kappa shape index (κ3) is 3.12. The number of nitrogens with zero attached hydrogens (tertiary/aromatic N) is 4. The molecule has 8 nitrogen and oxygen atoms in total. The number of hydrogen-bond acceptors (Lipinski definition) is 6. The minimum atomic E-state index is -0.460. The van der Waals surface area contributed by atoms with Crippen LogP contribution in [0.4, 0.5) is 17.2 Å². The molecule has 3 atom stereocenters. The fraction of sp³-hybridized carbons (Fsp3) is 0.409. The van der Waals surface area contributed by atoms with Crippen LogP contribution in [0.15, 0.2) is 36.8 Å². The number of carbonyl (C=O) groups is 1. The first-order valence-corrected chi connectivity index (χ1v) is 10.5. The molecule has 2 bridgehead atoms. The first-order chi connectivity index (χ1) is 14.5. The Labute approximate surface area is 175 Å². The summed E-state index contributed by atoms with van der Waals surface area (Å²) < 4.78 is 0. The molecular formula is C22H27N7O. The summed E-state index contributed by atoms with van der Waals surface area (Å²) in [6, 6.07) is 7.37. The van der Waals surface area contributed by atoms with E-state index in [1.165, 1.54) is 12.8 Å². The van der Waals surface area contributed by atoms with Gasteiger partial charge in [-0.25, -0.2) is 9.97 Å². The second-order valence-corrected chi connectivity index (χ2v) is 8.53. The number of H-pyrrole nitrogens is 1. The van der Waals surface area contributed by atoms with Gasteiger partial charge in [0.2, 0.25) is 0 Å². The SMILES string of the molecule is CN(C)c1ccc(N2[C@@H]3CC[C@H]2CC(Nc2c(C(N)=O)cnc4[nH]ccc24)C3)nc1. The van der Waals surface area contributed by atoms with E-state index in [0.29, 0.717) is 17.6 Å². The van der Waals surface area contributed by atoms with Gasteiger partial charge in [-0.3, -0.25) is 4.79 Å². The third-order valence-corrected chi connectivity index (χ3v) is 6.45. The highest BCUT2D eigenvalue weighted by molar-refractivity contribution is 6.06. The van der Waals surface area contributed by atoms with Crippen LogP contribution in [0.3, 0.4) is 0 Å². The first-order valence-electron chi connectivity index (χ1n) is 10.5. The number of rotatable bonds is 5. The molecule has 3 aromatic heterocycles. The molecule has 5 rings (SSSR count). The largest absolute Gasteiger partial charge is 0.381 e. The van der Waals surface area contributed by atoms with Crippen molar-refractivity contribution in [3.63, 3.8) is 0 Å². The van der Waals surface area contributed by atoms with Crippen molar-refractivity contribution < 1.29 is 4.79 Å². The van der Waals surface area contributed by atoms with E-state index >= 15 is 0 Å². The lowest BCUT2D eigenvalue weighted by atomic mass is 9.96. The van der Waals surface area contributed by atoms with Gasteiger partial charge in [0.15, 0.2) is 0 Å². The number of carbonyl (C=O) groups excluding carboxylic acids is 1. The number of anilines is 3. The molecule has 30 heavy (non-hydrogen) atoms. The zero-order valence-electron chi connectivity index (χ0n) is 17.3. The number of amides is 1. The quantitative estimate of drug-likeness (QED) is 0.603. The molecular weight excluding hydrogens is 378 g/mol. The minimum absolute atomic E-state index is 0.276. The highest BCUT2D eigenvalue weighted by Gasteiger charge is 2.41. The Balaban J connectivity index is 1.38. The minimum Gasteiger partial charge on any atom is -0.381 e. The van der Waals surface area contributed by atoms with Crippen molar-refractivity contribution in [1.29, 1.82) is 0 Å². The maximum Gasteiger partial charge on any atom is 0.252 e. The van der Waals surface area contributed by atoms with E-state index in [2.05, 4.69) is 37.2 Å². The summed E-state index contributed by atoms with van der Waals surface area (Å²) in [5.41, 5.74) is 8.73. The van der Waals surface area contributed by atoms with Crippen LogP contribution in [-0.2, 0) is 0 Å². The van der Waals surface area contributed by atoms with Gasteiger partial charge in [0.25, 0.3) is 5.91 Å². The lowest BCUT2D eigenvalue weighted by molar-refractivity contribution is 0.100. The molecule has 0 spiro atoms. The Morgan fingerprint density at radius 2 is 1.93 bits per heavy atom. The molecule has 1 unspecified atom stereocenters. The van der Waals surface area contributed by atoms with Gasteiger partial charge in [0.1, 0.15) is 11.5 Å². The summed E-state index contributed by atoms with van der Waals surface area (Å²) in [6.07, 6.45) is 9.67. The molecule has 0 saturated carbocycles. The van der Waals surface area contributed by atoms with Gasteiger partial charge < -0.3 is 25.8 Å². The average molecular weight is 406 g/mol. The maximum absolute atomic E-state index is 12.0. The first kappa shape index (κ1) is 18.7.